The summed E-state index contributed by atoms with van der Waals surface area (Å²) in [6.45, 7) is 5.53. The smallest absolute Gasteiger partial charge is 0.227 e. The second kappa shape index (κ2) is 6.06. The molecule has 2 aliphatic rings. The maximum atomic E-state index is 5.36. The van der Waals surface area contributed by atoms with Gasteiger partial charge in [0.05, 0.1) is 5.25 Å². The highest BCUT2D eigenvalue weighted by Gasteiger charge is 2.29. The molecule has 2 fully saturated rings. The Morgan fingerprint density at radius 3 is 2.89 bits per heavy atom. The lowest BCUT2D eigenvalue weighted by molar-refractivity contribution is 0.371. The number of thioether (sulfide) groups is 2. The van der Waals surface area contributed by atoms with Crippen molar-refractivity contribution in [2.24, 2.45) is 0 Å². The van der Waals surface area contributed by atoms with Crippen molar-refractivity contribution >= 4 is 23.5 Å². The lowest BCUT2D eigenvalue weighted by Gasteiger charge is -2.29. The molecule has 0 aromatic carbocycles. The summed E-state index contributed by atoms with van der Waals surface area (Å²) in [4.78, 5) is 4.56. The van der Waals surface area contributed by atoms with Gasteiger partial charge in [-0.3, -0.25) is 0 Å². The number of hydrogen-bond acceptors (Lipinski definition) is 6. The number of aromatic nitrogens is 2. The van der Waals surface area contributed by atoms with Gasteiger partial charge in [0.25, 0.3) is 0 Å². The SMILES string of the molecule is CC1SCC(c2noc(CCNC3CC3)n2)SC1C. The van der Waals surface area contributed by atoms with Crippen LogP contribution in [-0.4, -0.2) is 39.0 Å². The first-order valence-corrected chi connectivity index (χ1v) is 9.04. The van der Waals surface area contributed by atoms with Gasteiger partial charge in [-0.25, -0.2) is 0 Å². The van der Waals surface area contributed by atoms with Gasteiger partial charge in [0.1, 0.15) is 0 Å². The van der Waals surface area contributed by atoms with Gasteiger partial charge in [-0.1, -0.05) is 19.0 Å². The third kappa shape index (κ3) is 3.67. The van der Waals surface area contributed by atoms with Crippen LogP contribution in [0.25, 0.3) is 0 Å². The predicted molar refractivity (Wildman–Crippen MR) is 80.7 cm³/mol. The largest absolute Gasteiger partial charge is 0.339 e. The van der Waals surface area contributed by atoms with E-state index >= 15 is 0 Å². The Morgan fingerprint density at radius 2 is 2.16 bits per heavy atom. The topological polar surface area (TPSA) is 51.0 Å². The molecule has 3 atom stereocenters. The minimum absolute atomic E-state index is 0.394. The van der Waals surface area contributed by atoms with Crippen molar-refractivity contribution < 1.29 is 4.52 Å². The maximum Gasteiger partial charge on any atom is 0.227 e. The number of nitrogens with zero attached hydrogens (tertiary/aromatic N) is 2. The fourth-order valence-corrected chi connectivity index (χ4v) is 4.92. The minimum Gasteiger partial charge on any atom is -0.339 e. The third-order valence-electron chi connectivity index (χ3n) is 3.67. The summed E-state index contributed by atoms with van der Waals surface area (Å²) in [6, 6.07) is 0.745. The van der Waals surface area contributed by atoms with Crippen LogP contribution in [0.3, 0.4) is 0 Å². The van der Waals surface area contributed by atoms with Crippen molar-refractivity contribution in [1.29, 1.82) is 0 Å². The summed E-state index contributed by atoms with van der Waals surface area (Å²) in [5.41, 5.74) is 0. The average molecular weight is 299 g/mol. The lowest BCUT2D eigenvalue weighted by Crippen LogP contribution is -2.22. The zero-order valence-electron chi connectivity index (χ0n) is 11.5. The van der Waals surface area contributed by atoms with E-state index in [0.717, 1.165) is 41.7 Å². The van der Waals surface area contributed by atoms with Crippen LogP contribution in [0.15, 0.2) is 4.52 Å². The molecule has 1 N–H and O–H groups in total. The standard InChI is InChI=1S/C13H21N3OS2/c1-8-9(2)19-11(7-18-8)13-15-12(17-16-13)5-6-14-10-3-4-10/h8-11,14H,3-7H2,1-2H3. The van der Waals surface area contributed by atoms with Gasteiger partial charge < -0.3 is 9.84 Å². The van der Waals surface area contributed by atoms with E-state index < -0.39 is 0 Å². The van der Waals surface area contributed by atoms with Crippen LogP contribution in [0.4, 0.5) is 0 Å². The average Bonchev–Trinajstić information content (AvgIpc) is 3.10. The van der Waals surface area contributed by atoms with E-state index in [1.807, 2.05) is 23.5 Å². The van der Waals surface area contributed by atoms with Crippen molar-refractivity contribution in [1.82, 2.24) is 15.5 Å². The molecule has 3 rings (SSSR count). The molecule has 0 radical (unpaired) electrons. The van der Waals surface area contributed by atoms with Crippen LogP contribution >= 0.6 is 23.5 Å². The summed E-state index contributed by atoms with van der Waals surface area (Å²) < 4.78 is 5.36. The Hall–Kier alpha value is -0.200. The fraction of sp³-hybridized carbons (Fsp3) is 0.846. The lowest BCUT2D eigenvalue weighted by atomic mass is 10.3. The Labute approximate surface area is 122 Å². The normalized spacial score (nSPS) is 31.6. The molecule has 1 aliphatic carbocycles. The van der Waals surface area contributed by atoms with Crippen molar-refractivity contribution in [2.75, 3.05) is 12.3 Å². The molecular formula is C13H21N3OS2. The zero-order chi connectivity index (χ0) is 13.2. The number of rotatable bonds is 5. The van der Waals surface area contributed by atoms with E-state index in [-0.39, 0.29) is 0 Å². The van der Waals surface area contributed by atoms with E-state index in [1.165, 1.54) is 12.8 Å². The summed E-state index contributed by atoms with van der Waals surface area (Å²) in [5.74, 6) is 2.76. The molecule has 0 amide bonds. The molecule has 1 aliphatic heterocycles. The molecule has 2 heterocycles. The number of hydrogen-bond donors (Lipinski definition) is 1. The quantitative estimate of drug-likeness (QED) is 0.902. The second-order valence-corrected chi connectivity index (χ2v) is 8.39. The molecule has 6 heteroatoms. The van der Waals surface area contributed by atoms with Crippen molar-refractivity contribution in [3.8, 4) is 0 Å². The molecule has 1 aromatic heterocycles. The highest BCUT2D eigenvalue weighted by atomic mass is 32.2. The fourth-order valence-electron chi connectivity index (χ4n) is 2.09. The highest BCUT2D eigenvalue weighted by Crippen LogP contribution is 2.43. The Balaban J connectivity index is 1.51. The van der Waals surface area contributed by atoms with Crippen LogP contribution < -0.4 is 5.32 Å². The number of nitrogens with one attached hydrogen (secondary N) is 1. The molecule has 106 valence electrons. The van der Waals surface area contributed by atoms with Gasteiger partial charge in [0.2, 0.25) is 5.89 Å². The molecule has 4 nitrogen and oxygen atoms in total. The van der Waals surface area contributed by atoms with Gasteiger partial charge in [0, 0.05) is 35.3 Å². The molecule has 19 heavy (non-hydrogen) atoms. The molecular weight excluding hydrogens is 278 g/mol. The van der Waals surface area contributed by atoms with Gasteiger partial charge >= 0.3 is 0 Å². The molecule has 0 bridgehead atoms. The summed E-state index contributed by atoms with van der Waals surface area (Å²) >= 11 is 3.99. The Morgan fingerprint density at radius 1 is 1.32 bits per heavy atom. The van der Waals surface area contributed by atoms with Crippen molar-refractivity contribution in [2.45, 2.75) is 54.9 Å². The van der Waals surface area contributed by atoms with Crippen LogP contribution in [-0.2, 0) is 6.42 Å². The monoisotopic (exact) mass is 299 g/mol. The first-order chi connectivity index (χ1) is 9.22. The maximum absolute atomic E-state index is 5.36. The highest BCUT2D eigenvalue weighted by molar-refractivity contribution is 8.07. The van der Waals surface area contributed by atoms with Crippen molar-refractivity contribution in [3.63, 3.8) is 0 Å². The van der Waals surface area contributed by atoms with Gasteiger partial charge in [-0.15, -0.1) is 11.8 Å². The van der Waals surface area contributed by atoms with Crippen LogP contribution in [0.1, 0.15) is 43.7 Å². The van der Waals surface area contributed by atoms with E-state index in [2.05, 4.69) is 29.3 Å². The Bertz CT molecular complexity index is 422. The minimum atomic E-state index is 0.394. The van der Waals surface area contributed by atoms with E-state index in [0.29, 0.717) is 10.5 Å². The predicted octanol–water partition coefficient (Wildman–Crippen LogP) is 2.66. The molecule has 1 saturated carbocycles. The first-order valence-electron chi connectivity index (χ1n) is 7.05. The molecule has 1 aromatic rings. The van der Waals surface area contributed by atoms with E-state index in [9.17, 15) is 0 Å². The van der Waals surface area contributed by atoms with E-state index in [4.69, 9.17) is 4.52 Å². The van der Waals surface area contributed by atoms with Crippen LogP contribution in [0.5, 0.6) is 0 Å². The Kier molecular flexibility index (Phi) is 4.39. The van der Waals surface area contributed by atoms with Gasteiger partial charge in [-0.2, -0.15) is 16.7 Å². The van der Waals surface area contributed by atoms with Crippen molar-refractivity contribution in [3.05, 3.63) is 11.7 Å². The summed E-state index contributed by atoms with van der Waals surface area (Å²) in [5, 5.41) is 9.40. The molecule has 3 unspecified atom stereocenters. The summed E-state index contributed by atoms with van der Waals surface area (Å²) in [6.07, 6.45) is 3.49. The second-order valence-electron chi connectivity index (χ2n) is 5.39. The third-order valence-corrected chi connectivity index (χ3v) is 7.06. The van der Waals surface area contributed by atoms with Gasteiger partial charge in [0.15, 0.2) is 5.82 Å². The molecule has 0 spiro atoms. The van der Waals surface area contributed by atoms with Crippen LogP contribution in [0.2, 0.25) is 0 Å². The van der Waals surface area contributed by atoms with Crippen LogP contribution in [0, 0.1) is 0 Å². The first kappa shape index (κ1) is 13.8. The van der Waals surface area contributed by atoms with Gasteiger partial charge in [-0.05, 0) is 12.8 Å². The zero-order valence-corrected chi connectivity index (χ0v) is 13.1. The molecule has 1 saturated heterocycles. The van der Waals surface area contributed by atoms with E-state index in [1.54, 1.807) is 0 Å². The summed E-state index contributed by atoms with van der Waals surface area (Å²) in [7, 11) is 0.